The lowest BCUT2D eigenvalue weighted by Crippen LogP contribution is -2.49. The lowest BCUT2D eigenvalue weighted by Gasteiger charge is -2.37. The van der Waals surface area contributed by atoms with Crippen LogP contribution in [-0.4, -0.2) is 67.2 Å². The third kappa shape index (κ3) is 4.21. The van der Waals surface area contributed by atoms with Gasteiger partial charge in [0.05, 0.1) is 10.4 Å². The predicted molar refractivity (Wildman–Crippen MR) is 131 cm³/mol. The van der Waals surface area contributed by atoms with Crippen molar-refractivity contribution in [1.29, 1.82) is 0 Å². The second-order valence-electron chi connectivity index (χ2n) is 8.21. The standard InChI is InChI=1S/C23H30N4OS2/c1-15(2)26-9-11-27(12-10-26)21-8-5-17-18(25-21)6-7-19-22(17)23(20(13-28)30-19)29-14-16(3)24-4/h5-8,13,15-16,24H,9-12,14H2,1-4H3/t16-/m1/s1. The minimum Gasteiger partial charge on any atom is -0.354 e. The fourth-order valence-corrected chi connectivity index (χ4v) is 6.37. The monoisotopic (exact) mass is 442 g/mol. The number of hydrogen-bond donors (Lipinski definition) is 1. The molecule has 0 saturated carbocycles. The van der Waals surface area contributed by atoms with E-state index >= 15 is 0 Å². The summed E-state index contributed by atoms with van der Waals surface area (Å²) in [6.07, 6.45) is 0.999. The number of thioether (sulfide) groups is 1. The van der Waals surface area contributed by atoms with Crippen LogP contribution in [0.1, 0.15) is 30.4 Å². The predicted octanol–water partition coefficient (Wildman–Crippen LogP) is 4.49. The van der Waals surface area contributed by atoms with Gasteiger partial charge in [-0.05, 0) is 52.1 Å². The van der Waals surface area contributed by atoms with Crippen LogP contribution in [0.25, 0.3) is 21.0 Å². The average Bonchev–Trinajstić information content (AvgIpc) is 3.15. The van der Waals surface area contributed by atoms with E-state index < -0.39 is 0 Å². The number of piperazine rings is 1. The lowest BCUT2D eigenvalue weighted by molar-refractivity contribution is 0.112. The van der Waals surface area contributed by atoms with Crippen molar-refractivity contribution in [3.63, 3.8) is 0 Å². The zero-order chi connectivity index (χ0) is 21.3. The molecule has 0 aliphatic carbocycles. The van der Waals surface area contributed by atoms with Gasteiger partial charge in [-0.3, -0.25) is 9.69 Å². The van der Waals surface area contributed by atoms with Gasteiger partial charge in [-0.25, -0.2) is 4.98 Å². The van der Waals surface area contributed by atoms with Crippen LogP contribution in [0, 0.1) is 0 Å². The van der Waals surface area contributed by atoms with Crippen molar-refractivity contribution in [2.24, 2.45) is 0 Å². The molecule has 1 N–H and O–H groups in total. The number of pyridine rings is 1. The molecule has 0 unspecified atom stereocenters. The smallest absolute Gasteiger partial charge is 0.161 e. The number of nitrogens with one attached hydrogen (secondary N) is 1. The van der Waals surface area contributed by atoms with E-state index in [2.05, 4.69) is 60.2 Å². The van der Waals surface area contributed by atoms with E-state index in [1.807, 2.05) is 7.05 Å². The largest absolute Gasteiger partial charge is 0.354 e. The van der Waals surface area contributed by atoms with E-state index in [-0.39, 0.29) is 0 Å². The summed E-state index contributed by atoms with van der Waals surface area (Å²) in [5.41, 5.74) is 1.00. The van der Waals surface area contributed by atoms with Crippen molar-refractivity contribution < 1.29 is 4.79 Å². The van der Waals surface area contributed by atoms with E-state index in [0.717, 1.165) is 69.4 Å². The molecule has 1 atom stereocenters. The molecule has 1 aliphatic rings. The van der Waals surface area contributed by atoms with Crippen LogP contribution in [0.3, 0.4) is 0 Å². The molecule has 1 aromatic carbocycles. The van der Waals surface area contributed by atoms with Crippen molar-refractivity contribution in [1.82, 2.24) is 15.2 Å². The van der Waals surface area contributed by atoms with Gasteiger partial charge in [-0.1, -0.05) is 0 Å². The summed E-state index contributed by atoms with van der Waals surface area (Å²) >= 11 is 3.34. The summed E-state index contributed by atoms with van der Waals surface area (Å²) in [6, 6.07) is 9.54. The molecule has 30 heavy (non-hydrogen) atoms. The Bertz CT molecular complexity index is 1040. The maximum Gasteiger partial charge on any atom is 0.161 e. The number of aromatic nitrogens is 1. The number of benzene rings is 1. The maximum absolute atomic E-state index is 11.7. The molecule has 0 amide bonds. The van der Waals surface area contributed by atoms with Crippen molar-refractivity contribution >= 4 is 56.2 Å². The average molecular weight is 443 g/mol. The first kappa shape index (κ1) is 21.6. The van der Waals surface area contributed by atoms with E-state index in [4.69, 9.17) is 4.98 Å². The van der Waals surface area contributed by atoms with Gasteiger partial charge in [0.15, 0.2) is 6.29 Å². The molecular formula is C23H30N4OS2. The number of rotatable bonds is 7. The topological polar surface area (TPSA) is 48.5 Å². The molecule has 5 nitrogen and oxygen atoms in total. The molecule has 1 aliphatic heterocycles. The number of hydrogen-bond acceptors (Lipinski definition) is 7. The minimum atomic E-state index is 0.383. The molecule has 2 aromatic heterocycles. The lowest BCUT2D eigenvalue weighted by atomic mass is 10.1. The number of carbonyl (C=O) groups excluding carboxylic acids is 1. The van der Waals surface area contributed by atoms with Crippen molar-refractivity contribution in [2.75, 3.05) is 43.9 Å². The Hall–Kier alpha value is -1.67. The van der Waals surface area contributed by atoms with Crippen molar-refractivity contribution in [3.8, 4) is 0 Å². The highest BCUT2D eigenvalue weighted by atomic mass is 32.2. The third-order valence-corrected chi connectivity index (χ3v) is 8.52. The molecular weight excluding hydrogens is 412 g/mol. The highest BCUT2D eigenvalue weighted by molar-refractivity contribution is 7.99. The first-order chi connectivity index (χ1) is 14.5. The SMILES string of the molecule is CN[C@H](C)CSc1c(C=O)sc2ccc3nc(N4CCN(C(C)C)CC4)ccc3c12. The van der Waals surface area contributed by atoms with Gasteiger partial charge in [-0.2, -0.15) is 0 Å². The van der Waals surface area contributed by atoms with Crippen LogP contribution in [0.4, 0.5) is 5.82 Å². The first-order valence-electron chi connectivity index (χ1n) is 10.6. The van der Waals surface area contributed by atoms with E-state index in [9.17, 15) is 4.79 Å². The van der Waals surface area contributed by atoms with Gasteiger partial charge in [0.1, 0.15) is 5.82 Å². The molecule has 3 aromatic rings. The van der Waals surface area contributed by atoms with Crippen LogP contribution < -0.4 is 10.2 Å². The van der Waals surface area contributed by atoms with E-state index in [1.165, 1.54) is 5.39 Å². The summed E-state index contributed by atoms with van der Waals surface area (Å²) in [7, 11) is 1.97. The second kappa shape index (κ2) is 9.22. The summed E-state index contributed by atoms with van der Waals surface area (Å²) in [4.78, 5) is 23.6. The number of thiophene rings is 1. The normalized spacial score (nSPS) is 16.6. The van der Waals surface area contributed by atoms with Crippen LogP contribution in [0.15, 0.2) is 29.2 Å². The Labute approximate surface area is 186 Å². The Morgan fingerprint density at radius 3 is 2.60 bits per heavy atom. The molecule has 1 fully saturated rings. The molecule has 160 valence electrons. The number of fused-ring (bicyclic) bond motifs is 3. The summed E-state index contributed by atoms with van der Waals surface area (Å²) in [6.45, 7) is 10.9. The van der Waals surface area contributed by atoms with Gasteiger partial charge in [0.2, 0.25) is 0 Å². The minimum absolute atomic E-state index is 0.383. The zero-order valence-corrected chi connectivity index (χ0v) is 19.8. The van der Waals surface area contributed by atoms with Crippen LogP contribution >= 0.6 is 23.1 Å². The van der Waals surface area contributed by atoms with Gasteiger partial charge in [0.25, 0.3) is 0 Å². The van der Waals surface area contributed by atoms with Gasteiger partial charge < -0.3 is 10.2 Å². The summed E-state index contributed by atoms with van der Waals surface area (Å²) in [5, 5.41) is 5.59. The van der Waals surface area contributed by atoms with Gasteiger partial charge in [-0.15, -0.1) is 23.1 Å². The Kier molecular flexibility index (Phi) is 6.63. The zero-order valence-electron chi connectivity index (χ0n) is 18.1. The van der Waals surface area contributed by atoms with Crippen LogP contribution in [0.2, 0.25) is 0 Å². The van der Waals surface area contributed by atoms with E-state index in [0.29, 0.717) is 12.1 Å². The highest BCUT2D eigenvalue weighted by Crippen LogP contribution is 2.41. The number of carbonyl (C=O) groups is 1. The Morgan fingerprint density at radius 2 is 1.93 bits per heavy atom. The third-order valence-electron chi connectivity index (χ3n) is 5.94. The number of nitrogens with zero attached hydrogens (tertiary/aromatic N) is 3. The van der Waals surface area contributed by atoms with Crippen molar-refractivity contribution in [3.05, 3.63) is 29.1 Å². The molecule has 3 heterocycles. The van der Waals surface area contributed by atoms with Crippen molar-refractivity contribution in [2.45, 2.75) is 37.8 Å². The molecule has 1 saturated heterocycles. The summed E-state index contributed by atoms with van der Waals surface area (Å²) < 4.78 is 1.16. The molecule has 0 spiro atoms. The fraction of sp³-hybridized carbons (Fsp3) is 0.478. The van der Waals surface area contributed by atoms with Crippen LogP contribution in [-0.2, 0) is 0 Å². The number of aldehydes is 1. The van der Waals surface area contributed by atoms with E-state index in [1.54, 1.807) is 23.1 Å². The maximum atomic E-state index is 11.7. The quantitative estimate of drug-likeness (QED) is 0.430. The molecule has 7 heteroatoms. The highest BCUT2D eigenvalue weighted by Gasteiger charge is 2.21. The fourth-order valence-electron chi connectivity index (χ4n) is 3.94. The Morgan fingerprint density at radius 1 is 1.17 bits per heavy atom. The number of anilines is 1. The molecule has 0 bridgehead atoms. The van der Waals surface area contributed by atoms with Gasteiger partial charge in [0, 0.05) is 64.4 Å². The van der Waals surface area contributed by atoms with Crippen LogP contribution in [0.5, 0.6) is 0 Å². The molecule has 4 rings (SSSR count). The van der Waals surface area contributed by atoms with Gasteiger partial charge >= 0.3 is 0 Å². The Balaban J connectivity index is 1.68. The second-order valence-corrected chi connectivity index (χ2v) is 10.3. The summed E-state index contributed by atoms with van der Waals surface area (Å²) in [5.74, 6) is 1.97. The molecule has 0 radical (unpaired) electrons. The first-order valence-corrected chi connectivity index (χ1v) is 12.4.